The van der Waals surface area contributed by atoms with E-state index in [4.69, 9.17) is 0 Å². The average molecular weight is 202 g/mol. The van der Waals surface area contributed by atoms with Gasteiger partial charge in [0.15, 0.2) is 0 Å². The zero-order valence-corrected chi connectivity index (χ0v) is 8.40. The Bertz CT molecular complexity index is 282. The van der Waals surface area contributed by atoms with Crippen LogP contribution in [0.2, 0.25) is 0 Å². The Morgan fingerprint density at radius 1 is 1.23 bits per heavy atom. The highest BCUT2D eigenvalue weighted by Gasteiger charge is 2.39. The summed E-state index contributed by atoms with van der Waals surface area (Å²) in [4.78, 5) is 32.8. The Balaban J connectivity index is 2.76. The molecule has 1 rings (SSSR count). The van der Waals surface area contributed by atoms with Gasteiger partial charge in [0.2, 0.25) is 0 Å². The molecule has 0 aromatic heterocycles. The number of urea groups is 1. The second-order valence-corrected chi connectivity index (χ2v) is 5.33. The molecule has 72 valence electrons. The Kier molecular flexibility index (Phi) is 2.34. The number of rotatable bonds is 1. The van der Waals surface area contributed by atoms with Gasteiger partial charge in [-0.3, -0.25) is 14.9 Å². The third-order valence-corrected chi connectivity index (χ3v) is 2.21. The third kappa shape index (κ3) is 2.21. The first-order valence-electron chi connectivity index (χ1n) is 3.70. The number of nitrogens with one attached hydrogen (secondary N) is 1. The SMILES string of the molecule is CC(C)(C)SN1C(=O)NC(=O)C1=O. The zero-order valence-electron chi connectivity index (χ0n) is 7.58. The summed E-state index contributed by atoms with van der Waals surface area (Å²) in [7, 11) is 0. The van der Waals surface area contributed by atoms with E-state index in [1.807, 2.05) is 26.1 Å². The van der Waals surface area contributed by atoms with Crippen molar-refractivity contribution in [3.8, 4) is 0 Å². The lowest BCUT2D eigenvalue weighted by molar-refractivity contribution is -0.138. The monoisotopic (exact) mass is 202 g/mol. The molecular weight excluding hydrogens is 192 g/mol. The second kappa shape index (κ2) is 3.02. The van der Waals surface area contributed by atoms with Crippen molar-refractivity contribution >= 4 is 29.8 Å². The largest absolute Gasteiger partial charge is 0.341 e. The van der Waals surface area contributed by atoms with Crippen molar-refractivity contribution in [3.63, 3.8) is 0 Å². The van der Waals surface area contributed by atoms with Crippen molar-refractivity contribution in [2.45, 2.75) is 25.5 Å². The molecule has 0 radical (unpaired) electrons. The van der Waals surface area contributed by atoms with Crippen molar-refractivity contribution in [2.24, 2.45) is 0 Å². The molecule has 0 spiro atoms. The smallest absolute Gasteiger partial charge is 0.268 e. The van der Waals surface area contributed by atoms with Crippen LogP contribution in [-0.4, -0.2) is 26.9 Å². The highest BCUT2D eigenvalue weighted by molar-refractivity contribution is 7.99. The van der Waals surface area contributed by atoms with Crippen LogP contribution in [0.3, 0.4) is 0 Å². The van der Waals surface area contributed by atoms with Gasteiger partial charge in [0.25, 0.3) is 0 Å². The first kappa shape index (κ1) is 10.0. The van der Waals surface area contributed by atoms with E-state index in [9.17, 15) is 14.4 Å². The molecule has 0 aromatic rings. The number of hydrogen-bond acceptors (Lipinski definition) is 4. The first-order chi connectivity index (χ1) is 5.81. The Morgan fingerprint density at radius 3 is 2.08 bits per heavy atom. The van der Waals surface area contributed by atoms with Crippen LogP contribution in [0.15, 0.2) is 0 Å². The van der Waals surface area contributed by atoms with Gasteiger partial charge in [0.1, 0.15) is 0 Å². The van der Waals surface area contributed by atoms with Crippen molar-refractivity contribution in [1.82, 2.24) is 9.62 Å². The van der Waals surface area contributed by atoms with E-state index in [0.29, 0.717) is 0 Å². The standard InChI is InChI=1S/C7H10N2O3S/c1-7(2,3)13-9-5(11)4(10)8-6(9)12/h1-3H3,(H,8,10,12). The number of hydrogen-bond donors (Lipinski definition) is 1. The molecule has 6 heteroatoms. The summed E-state index contributed by atoms with van der Waals surface area (Å²) in [6.07, 6.45) is 0. The Morgan fingerprint density at radius 2 is 1.77 bits per heavy atom. The molecule has 5 nitrogen and oxygen atoms in total. The van der Waals surface area contributed by atoms with Crippen LogP contribution in [0.4, 0.5) is 4.79 Å². The quantitative estimate of drug-likeness (QED) is 0.382. The molecule has 0 aromatic carbocycles. The van der Waals surface area contributed by atoms with Gasteiger partial charge in [-0.25, -0.2) is 4.79 Å². The Hall–Kier alpha value is -1.04. The highest BCUT2D eigenvalue weighted by atomic mass is 32.2. The molecule has 0 saturated carbocycles. The van der Waals surface area contributed by atoms with Crippen LogP contribution in [0, 0.1) is 0 Å². The van der Waals surface area contributed by atoms with Crippen LogP contribution < -0.4 is 5.32 Å². The molecule has 4 amide bonds. The molecule has 0 atom stereocenters. The molecule has 1 saturated heterocycles. The molecule has 1 heterocycles. The second-order valence-electron chi connectivity index (χ2n) is 3.56. The maximum absolute atomic E-state index is 11.1. The molecule has 0 bridgehead atoms. The fourth-order valence-corrected chi connectivity index (χ4v) is 1.58. The van der Waals surface area contributed by atoms with Gasteiger partial charge in [-0.2, -0.15) is 4.31 Å². The molecule has 13 heavy (non-hydrogen) atoms. The summed E-state index contributed by atoms with van der Waals surface area (Å²) < 4.78 is 0.569. The fourth-order valence-electron chi connectivity index (χ4n) is 0.743. The van der Waals surface area contributed by atoms with Crippen LogP contribution >= 0.6 is 11.9 Å². The maximum Gasteiger partial charge on any atom is 0.341 e. The van der Waals surface area contributed by atoms with Crippen molar-refractivity contribution in [1.29, 1.82) is 0 Å². The number of carbonyl (C=O) groups is 3. The van der Waals surface area contributed by atoms with E-state index in [1.165, 1.54) is 0 Å². The molecule has 0 aliphatic carbocycles. The average Bonchev–Trinajstić information content (AvgIpc) is 2.14. The minimum atomic E-state index is -0.859. The zero-order chi connectivity index (χ0) is 10.2. The Labute approximate surface area is 80.0 Å². The molecule has 1 aliphatic rings. The van der Waals surface area contributed by atoms with Gasteiger partial charge in [-0.05, 0) is 32.7 Å². The number of carbonyl (C=O) groups excluding carboxylic acids is 3. The van der Waals surface area contributed by atoms with Gasteiger partial charge < -0.3 is 0 Å². The van der Waals surface area contributed by atoms with E-state index < -0.39 is 17.8 Å². The maximum atomic E-state index is 11.1. The van der Waals surface area contributed by atoms with E-state index in [0.717, 1.165) is 16.3 Å². The number of nitrogens with zero attached hydrogens (tertiary/aromatic N) is 1. The predicted molar refractivity (Wildman–Crippen MR) is 47.7 cm³/mol. The van der Waals surface area contributed by atoms with E-state index in [2.05, 4.69) is 0 Å². The lowest BCUT2D eigenvalue weighted by Gasteiger charge is -2.21. The summed E-state index contributed by atoms with van der Waals surface area (Å²) in [6.45, 7) is 5.54. The van der Waals surface area contributed by atoms with Gasteiger partial charge in [-0.1, -0.05) is 0 Å². The predicted octanol–water partition coefficient (Wildman–Crippen LogP) is 0.511. The van der Waals surface area contributed by atoms with Crippen molar-refractivity contribution in [2.75, 3.05) is 0 Å². The van der Waals surface area contributed by atoms with E-state index in [-0.39, 0.29) is 4.75 Å². The summed E-state index contributed by atoms with van der Waals surface area (Å²) >= 11 is 1.04. The first-order valence-corrected chi connectivity index (χ1v) is 4.47. The third-order valence-electron chi connectivity index (χ3n) is 1.15. The van der Waals surface area contributed by atoms with Crippen LogP contribution in [0.1, 0.15) is 20.8 Å². The van der Waals surface area contributed by atoms with E-state index >= 15 is 0 Å². The van der Waals surface area contributed by atoms with Crippen molar-refractivity contribution < 1.29 is 14.4 Å². The molecule has 1 N–H and O–H groups in total. The van der Waals surface area contributed by atoms with Gasteiger partial charge in [0.05, 0.1) is 0 Å². The summed E-state index contributed by atoms with van der Waals surface area (Å²) in [6, 6.07) is -0.657. The normalized spacial score (nSPS) is 18.1. The van der Waals surface area contributed by atoms with Gasteiger partial charge >= 0.3 is 17.8 Å². The van der Waals surface area contributed by atoms with Gasteiger partial charge in [-0.15, -0.1) is 0 Å². The highest BCUT2D eigenvalue weighted by Crippen LogP contribution is 2.28. The van der Waals surface area contributed by atoms with E-state index in [1.54, 1.807) is 0 Å². The topological polar surface area (TPSA) is 66.5 Å². The minimum Gasteiger partial charge on any atom is -0.268 e. The molecular formula is C7H10N2O3S. The number of amides is 4. The lowest BCUT2D eigenvalue weighted by atomic mass is 10.3. The minimum absolute atomic E-state index is 0.280. The van der Waals surface area contributed by atoms with Gasteiger partial charge in [0, 0.05) is 4.75 Å². The molecule has 1 aliphatic heterocycles. The van der Waals surface area contributed by atoms with Crippen LogP contribution in [-0.2, 0) is 9.59 Å². The molecule has 0 unspecified atom stereocenters. The summed E-state index contributed by atoms with van der Waals surface area (Å²) in [5.74, 6) is -1.66. The summed E-state index contributed by atoms with van der Waals surface area (Å²) in [5, 5.41) is 1.92. The fraction of sp³-hybridized carbons (Fsp3) is 0.571. The van der Waals surface area contributed by atoms with Crippen molar-refractivity contribution in [3.05, 3.63) is 0 Å². The van der Waals surface area contributed by atoms with Crippen LogP contribution in [0.5, 0.6) is 0 Å². The molecule has 1 fully saturated rings. The summed E-state index contributed by atoms with van der Waals surface area (Å²) in [5.41, 5.74) is 0. The van der Waals surface area contributed by atoms with Crippen LogP contribution in [0.25, 0.3) is 0 Å². The number of imide groups is 2. The lowest BCUT2D eigenvalue weighted by Crippen LogP contribution is -2.29.